The zero-order chi connectivity index (χ0) is 30.0. The van der Waals surface area contributed by atoms with Gasteiger partial charge < -0.3 is 25.5 Å². The van der Waals surface area contributed by atoms with Gasteiger partial charge in [0.1, 0.15) is 5.75 Å². The second-order valence-electron chi connectivity index (χ2n) is 10.8. The molecular formula is C33H38N6O3. The van der Waals surface area contributed by atoms with Crippen molar-refractivity contribution >= 4 is 29.1 Å². The Bertz CT molecular complexity index is 1470. The van der Waals surface area contributed by atoms with Gasteiger partial charge in [-0.05, 0) is 68.7 Å². The first-order valence-corrected chi connectivity index (χ1v) is 14.1. The fourth-order valence-electron chi connectivity index (χ4n) is 4.49. The number of rotatable bonds is 12. The van der Waals surface area contributed by atoms with E-state index >= 15 is 0 Å². The number of anilines is 2. The molecule has 42 heavy (non-hydrogen) atoms. The Balaban J connectivity index is 1.39. The summed E-state index contributed by atoms with van der Waals surface area (Å²) in [5.41, 5.74) is 4.34. The van der Waals surface area contributed by atoms with E-state index in [1.165, 1.54) is 6.21 Å². The van der Waals surface area contributed by atoms with E-state index in [2.05, 4.69) is 26.6 Å². The van der Waals surface area contributed by atoms with Crippen molar-refractivity contribution in [3.8, 4) is 11.8 Å². The van der Waals surface area contributed by atoms with Crippen LogP contribution in [0.3, 0.4) is 0 Å². The molecule has 1 aliphatic rings. The van der Waals surface area contributed by atoms with E-state index in [1.807, 2.05) is 51.1 Å². The molecule has 9 heteroatoms. The van der Waals surface area contributed by atoms with Gasteiger partial charge in [-0.3, -0.25) is 14.7 Å². The lowest BCUT2D eigenvalue weighted by Gasteiger charge is -2.26. The highest BCUT2D eigenvalue weighted by Gasteiger charge is 2.21. The second kappa shape index (κ2) is 14.4. The summed E-state index contributed by atoms with van der Waals surface area (Å²) in [6.07, 6.45) is 7.30. The number of nitrogens with zero attached hydrogens (tertiary/aromatic N) is 3. The topological polar surface area (TPSA) is 123 Å². The molecule has 0 radical (unpaired) electrons. The number of ether oxygens (including phenoxy) is 2. The number of amides is 1. The zero-order valence-corrected chi connectivity index (χ0v) is 24.4. The van der Waals surface area contributed by atoms with E-state index in [1.54, 1.807) is 36.8 Å². The third-order valence-electron chi connectivity index (χ3n) is 7.20. The van der Waals surface area contributed by atoms with E-state index in [9.17, 15) is 10.1 Å². The molecule has 0 saturated carbocycles. The SMILES string of the molecule is Cc1ccc(NC(=O)c2cccc(C(C)(C)C#N)c2)cc1N/C=C(\C=N)c1cncc(OCCCN2CCOCC2)c1. The highest BCUT2D eigenvalue weighted by Crippen LogP contribution is 2.25. The lowest BCUT2D eigenvalue weighted by atomic mass is 9.85. The maximum Gasteiger partial charge on any atom is 0.255 e. The number of hydrogen-bond donors (Lipinski definition) is 3. The minimum Gasteiger partial charge on any atom is -0.492 e. The van der Waals surface area contributed by atoms with Gasteiger partial charge in [-0.25, -0.2) is 0 Å². The Morgan fingerprint density at radius 2 is 1.98 bits per heavy atom. The van der Waals surface area contributed by atoms with Gasteiger partial charge >= 0.3 is 0 Å². The molecule has 1 saturated heterocycles. The summed E-state index contributed by atoms with van der Waals surface area (Å²) in [5, 5.41) is 23.7. The smallest absolute Gasteiger partial charge is 0.255 e. The highest BCUT2D eigenvalue weighted by molar-refractivity contribution is 6.09. The number of nitrogens with one attached hydrogen (secondary N) is 3. The molecule has 1 aromatic heterocycles. The molecule has 1 amide bonds. The molecule has 1 fully saturated rings. The van der Waals surface area contributed by atoms with Gasteiger partial charge in [0.05, 0.1) is 37.5 Å². The van der Waals surface area contributed by atoms with Crippen LogP contribution in [0, 0.1) is 23.7 Å². The fourth-order valence-corrected chi connectivity index (χ4v) is 4.49. The summed E-state index contributed by atoms with van der Waals surface area (Å²) in [5.74, 6) is 0.397. The molecule has 4 rings (SSSR count). The van der Waals surface area contributed by atoms with E-state index in [0.717, 1.165) is 61.6 Å². The molecule has 3 aromatic rings. The Kier molecular flexibility index (Phi) is 10.4. The number of carbonyl (C=O) groups is 1. The minimum absolute atomic E-state index is 0.260. The van der Waals surface area contributed by atoms with Crippen molar-refractivity contribution in [2.45, 2.75) is 32.6 Å². The van der Waals surface area contributed by atoms with E-state index in [0.29, 0.717) is 29.2 Å². The van der Waals surface area contributed by atoms with Gasteiger partial charge in [0, 0.05) is 66.3 Å². The Morgan fingerprint density at radius 3 is 2.74 bits per heavy atom. The molecule has 0 bridgehead atoms. The van der Waals surface area contributed by atoms with Gasteiger partial charge in [0.2, 0.25) is 0 Å². The molecule has 9 nitrogen and oxygen atoms in total. The molecule has 218 valence electrons. The zero-order valence-electron chi connectivity index (χ0n) is 24.4. The first kappa shape index (κ1) is 30.4. The van der Waals surface area contributed by atoms with Crippen LogP contribution in [0.15, 0.2) is 67.1 Å². The third kappa shape index (κ3) is 8.26. The van der Waals surface area contributed by atoms with Crippen LogP contribution in [0.1, 0.15) is 47.3 Å². The fraction of sp³-hybridized carbons (Fsp3) is 0.333. The minimum atomic E-state index is -0.694. The van der Waals surface area contributed by atoms with Gasteiger partial charge in [-0.15, -0.1) is 0 Å². The summed E-state index contributed by atoms with van der Waals surface area (Å²) < 4.78 is 11.3. The van der Waals surface area contributed by atoms with E-state index in [4.69, 9.17) is 14.9 Å². The average Bonchev–Trinajstić information content (AvgIpc) is 3.02. The number of benzene rings is 2. The van der Waals surface area contributed by atoms with Gasteiger partial charge in [0.25, 0.3) is 5.91 Å². The first-order valence-electron chi connectivity index (χ1n) is 14.1. The van der Waals surface area contributed by atoms with Crippen molar-refractivity contribution in [2.75, 3.05) is 50.1 Å². The van der Waals surface area contributed by atoms with Crippen LogP contribution in [0.25, 0.3) is 5.57 Å². The van der Waals surface area contributed by atoms with Crippen LogP contribution >= 0.6 is 0 Å². The van der Waals surface area contributed by atoms with E-state index < -0.39 is 5.41 Å². The van der Waals surface area contributed by atoms with Crippen molar-refractivity contribution < 1.29 is 14.3 Å². The summed E-state index contributed by atoms with van der Waals surface area (Å²) in [7, 11) is 0. The van der Waals surface area contributed by atoms with Crippen LogP contribution < -0.4 is 15.4 Å². The van der Waals surface area contributed by atoms with Crippen LogP contribution in [-0.4, -0.2) is 61.5 Å². The quantitative estimate of drug-likeness (QED) is 0.191. The lowest BCUT2D eigenvalue weighted by Crippen LogP contribution is -2.37. The number of hydrogen-bond acceptors (Lipinski definition) is 8. The molecule has 0 aliphatic carbocycles. The first-order chi connectivity index (χ1) is 20.3. The maximum absolute atomic E-state index is 13.0. The number of nitriles is 1. The number of aromatic nitrogens is 1. The van der Waals surface area contributed by atoms with E-state index in [-0.39, 0.29) is 5.91 Å². The van der Waals surface area contributed by atoms with Crippen LogP contribution in [0.2, 0.25) is 0 Å². The van der Waals surface area contributed by atoms with Crippen molar-refractivity contribution in [2.24, 2.45) is 0 Å². The van der Waals surface area contributed by atoms with Gasteiger partial charge in [0.15, 0.2) is 0 Å². The highest BCUT2D eigenvalue weighted by atomic mass is 16.5. The number of aryl methyl sites for hydroxylation is 1. The Morgan fingerprint density at radius 1 is 1.17 bits per heavy atom. The van der Waals surface area contributed by atoms with Gasteiger partial charge in [-0.1, -0.05) is 18.2 Å². The molecule has 0 spiro atoms. The second-order valence-corrected chi connectivity index (χ2v) is 10.8. The standard InChI is InChI=1S/C33H38N6O3/c1-24-8-9-29(38-32(40)25-6-4-7-28(16-25)33(2,3)23-35)18-31(24)37-21-27(19-34)26-17-30(22-36-20-26)42-13-5-10-39-11-14-41-15-12-39/h4,6-9,16-22,34,37H,5,10-15H2,1-3H3,(H,38,40)/b27-21+,34-19?. The molecule has 3 N–H and O–H groups in total. The predicted octanol–water partition coefficient (Wildman–Crippen LogP) is 5.65. The summed E-state index contributed by atoms with van der Waals surface area (Å²) in [6.45, 7) is 10.7. The number of allylic oxidation sites excluding steroid dienone is 1. The van der Waals surface area contributed by atoms with Crippen LogP contribution in [0.4, 0.5) is 11.4 Å². The monoisotopic (exact) mass is 566 g/mol. The molecule has 0 atom stereocenters. The molecule has 2 aromatic carbocycles. The normalized spacial score (nSPS) is 14.1. The van der Waals surface area contributed by atoms with Crippen molar-refractivity contribution in [3.05, 3.63) is 89.4 Å². The molecule has 1 aliphatic heterocycles. The lowest BCUT2D eigenvalue weighted by molar-refractivity contribution is 0.0358. The summed E-state index contributed by atoms with van der Waals surface area (Å²) in [6, 6.07) is 16.9. The number of morpholine rings is 1. The molecular weight excluding hydrogens is 528 g/mol. The molecule has 0 unspecified atom stereocenters. The molecule has 2 heterocycles. The van der Waals surface area contributed by atoms with Crippen LogP contribution in [-0.2, 0) is 10.2 Å². The van der Waals surface area contributed by atoms with Crippen molar-refractivity contribution in [3.63, 3.8) is 0 Å². The average molecular weight is 567 g/mol. The van der Waals surface area contributed by atoms with Crippen LogP contribution in [0.5, 0.6) is 5.75 Å². The summed E-state index contributed by atoms with van der Waals surface area (Å²) in [4.78, 5) is 19.7. The maximum atomic E-state index is 13.0. The number of pyridine rings is 1. The Labute approximate surface area is 247 Å². The summed E-state index contributed by atoms with van der Waals surface area (Å²) >= 11 is 0. The number of carbonyl (C=O) groups excluding carboxylic acids is 1. The van der Waals surface area contributed by atoms with Gasteiger partial charge in [-0.2, -0.15) is 5.26 Å². The third-order valence-corrected chi connectivity index (χ3v) is 7.20. The largest absolute Gasteiger partial charge is 0.492 e. The Hall–Kier alpha value is -4.52. The van der Waals surface area contributed by atoms with Crippen molar-refractivity contribution in [1.82, 2.24) is 9.88 Å². The predicted molar refractivity (Wildman–Crippen MR) is 166 cm³/mol. The van der Waals surface area contributed by atoms with Crippen molar-refractivity contribution in [1.29, 1.82) is 10.7 Å².